The zero-order chi connectivity index (χ0) is 13.7. The van der Waals surface area contributed by atoms with E-state index in [1.807, 2.05) is 24.3 Å². The van der Waals surface area contributed by atoms with Gasteiger partial charge in [-0.05, 0) is 31.4 Å². The van der Waals surface area contributed by atoms with E-state index in [4.69, 9.17) is 16.3 Å². The van der Waals surface area contributed by atoms with Crippen molar-refractivity contribution in [3.05, 3.63) is 34.9 Å². The first-order valence-corrected chi connectivity index (χ1v) is 7.31. The predicted molar refractivity (Wildman–Crippen MR) is 77.5 cm³/mol. The summed E-state index contributed by atoms with van der Waals surface area (Å²) in [6, 6.07) is 7.50. The first-order chi connectivity index (χ1) is 9.16. The third kappa shape index (κ3) is 4.46. The number of aliphatic hydroxyl groups is 1. The maximum absolute atomic E-state index is 10.2. The summed E-state index contributed by atoms with van der Waals surface area (Å²) in [6.07, 6.45) is 1.55. The van der Waals surface area contributed by atoms with Crippen molar-refractivity contribution in [3.8, 4) is 0 Å². The molecule has 0 spiro atoms. The van der Waals surface area contributed by atoms with Gasteiger partial charge >= 0.3 is 0 Å². The molecule has 4 heteroatoms. The molecule has 1 aromatic carbocycles. The van der Waals surface area contributed by atoms with E-state index in [2.05, 4.69) is 11.8 Å². The van der Waals surface area contributed by atoms with Crippen molar-refractivity contribution >= 4 is 11.6 Å². The molecule has 1 aromatic rings. The molecule has 2 unspecified atom stereocenters. The Hall–Kier alpha value is -0.610. The Bertz CT molecular complexity index is 399. The fourth-order valence-corrected chi connectivity index (χ4v) is 2.75. The van der Waals surface area contributed by atoms with Gasteiger partial charge in [-0.3, -0.25) is 0 Å². The lowest BCUT2D eigenvalue weighted by atomic mass is 10.1. The summed E-state index contributed by atoms with van der Waals surface area (Å²) in [5.74, 6) is 0. The topological polar surface area (TPSA) is 32.7 Å². The molecule has 2 rings (SSSR count). The minimum Gasteiger partial charge on any atom is -0.388 e. The van der Waals surface area contributed by atoms with Crippen molar-refractivity contribution in [2.75, 3.05) is 26.2 Å². The molecule has 1 aliphatic rings. The van der Waals surface area contributed by atoms with Crippen LogP contribution in [0.2, 0.25) is 5.02 Å². The maximum atomic E-state index is 10.2. The van der Waals surface area contributed by atoms with E-state index >= 15 is 0 Å². The smallest absolute Gasteiger partial charge is 0.0816 e. The molecule has 0 saturated carbocycles. The Morgan fingerprint density at radius 3 is 3.05 bits per heavy atom. The molecule has 0 radical (unpaired) electrons. The molecule has 106 valence electrons. The minimum atomic E-state index is -0.492. The van der Waals surface area contributed by atoms with Gasteiger partial charge in [0.05, 0.1) is 12.2 Å². The highest BCUT2D eigenvalue weighted by Gasteiger charge is 2.17. The van der Waals surface area contributed by atoms with E-state index in [0.29, 0.717) is 11.4 Å². The van der Waals surface area contributed by atoms with Crippen LogP contribution in [0.4, 0.5) is 0 Å². The summed E-state index contributed by atoms with van der Waals surface area (Å²) in [5.41, 5.74) is 0.822. The fourth-order valence-electron chi connectivity index (χ4n) is 2.49. The molecule has 1 N–H and O–H groups in total. The SMILES string of the molecule is CC1CN(CCC(O)c2ccccc2Cl)CCCO1. The van der Waals surface area contributed by atoms with E-state index < -0.39 is 6.10 Å². The number of ether oxygens (including phenoxy) is 1. The number of hydrogen-bond acceptors (Lipinski definition) is 3. The Morgan fingerprint density at radius 2 is 2.26 bits per heavy atom. The summed E-state index contributed by atoms with van der Waals surface area (Å²) in [5, 5.41) is 10.9. The summed E-state index contributed by atoms with van der Waals surface area (Å²) >= 11 is 6.10. The first-order valence-electron chi connectivity index (χ1n) is 6.93. The quantitative estimate of drug-likeness (QED) is 0.922. The molecule has 1 fully saturated rings. The summed E-state index contributed by atoms with van der Waals surface area (Å²) in [7, 11) is 0. The van der Waals surface area contributed by atoms with Crippen LogP contribution in [-0.2, 0) is 4.74 Å². The predicted octanol–water partition coefficient (Wildman–Crippen LogP) is 2.87. The zero-order valence-corrected chi connectivity index (χ0v) is 12.1. The number of rotatable bonds is 4. The number of aliphatic hydroxyl groups excluding tert-OH is 1. The van der Waals surface area contributed by atoms with Gasteiger partial charge < -0.3 is 14.7 Å². The van der Waals surface area contributed by atoms with Crippen LogP contribution in [-0.4, -0.2) is 42.4 Å². The van der Waals surface area contributed by atoms with E-state index in [9.17, 15) is 5.11 Å². The number of nitrogens with zero attached hydrogens (tertiary/aromatic N) is 1. The van der Waals surface area contributed by atoms with E-state index in [1.54, 1.807) is 0 Å². The monoisotopic (exact) mass is 283 g/mol. The Balaban J connectivity index is 1.86. The second kappa shape index (κ2) is 7.25. The molecular weight excluding hydrogens is 262 g/mol. The van der Waals surface area contributed by atoms with Crippen molar-refractivity contribution in [1.29, 1.82) is 0 Å². The van der Waals surface area contributed by atoms with E-state index in [0.717, 1.165) is 38.2 Å². The molecular formula is C15H22ClNO2. The highest BCUT2D eigenvalue weighted by atomic mass is 35.5. The summed E-state index contributed by atoms with van der Waals surface area (Å²) < 4.78 is 5.62. The van der Waals surface area contributed by atoms with Crippen LogP contribution in [0.5, 0.6) is 0 Å². The first kappa shape index (κ1) is 14.8. The van der Waals surface area contributed by atoms with Crippen molar-refractivity contribution in [1.82, 2.24) is 4.90 Å². The fraction of sp³-hybridized carbons (Fsp3) is 0.600. The van der Waals surface area contributed by atoms with Crippen molar-refractivity contribution in [2.45, 2.75) is 32.0 Å². The minimum absolute atomic E-state index is 0.278. The molecule has 19 heavy (non-hydrogen) atoms. The van der Waals surface area contributed by atoms with Gasteiger partial charge in [0.1, 0.15) is 0 Å². The molecule has 0 aromatic heterocycles. The standard InChI is InChI=1S/C15H22ClNO2/c1-12-11-17(8-4-10-19-12)9-7-15(18)13-5-2-3-6-14(13)16/h2-3,5-6,12,15,18H,4,7-11H2,1H3. The highest BCUT2D eigenvalue weighted by Crippen LogP contribution is 2.25. The van der Waals surface area contributed by atoms with Gasteiger partial charge in [0.15, 0.2) is 0 Å². The van der Waals surface area contributed by atoms with Gasteiger partial charge in [0.25, 0.3) is 0 Å². The molecule has 0 amide bonds. The van der Waals surface area contributed by atoms with Gasteiger partial charge in [-0.2, -0.15) is 0 Å². The molecule has 1 heterocycles. The van der Waals surface area contributed by atoms with Crippen LogP contribution in [0.3, 0.4) is 0 Å². The molecule has 2 atom stereocenters. The zero-order valence-electron chi connectivity index (χ0n) is 11.4. The third-order valence-corrected chi connectivity index (χ3v) is 3.86. The maximum Gasteiger partial charge on any atom is 0.0816 e. The van der Waals surface area contributed by atoms with Gasteiger partial charge in [-0.15, -0.1) is 0 Å². The number of halogens is 1. The molecule has 1 saturated heterocycles. The molecule has 3 nitrogen and oxygen atoms in total. The van der Waals surface area contributed by atoms with Crippen LogP contribution in [0.15, 0.2) is 24.3 Å². The molecule has 0 aliphatic carbocycles. The summed E-state index contributed by atoms with van der Waals surface area (Å²) in [4.78, 5) is 2.36. The average Bonchev–Trinajstić information content (AvgIpc) is 2.61. The van der Waals surface area contributed by atoms with E-state index in [1.165, 1.54) is 0 Å². The number of hydrogen-bond donors (Lipinski definition) is 1. The largest absolute Gasteiger partial charge is 0.388 e. The summed E-state index contributed by atoms with van der Waals surface area (Å²) in [6.45, 7) is 5.79. The van der Waals surface area contributed by atoms with Crippen LogP contribution in [0, 0.1) is 0 Å². The Kier molecular flexibility index (Phi) is 5.64. The van der Waals surface area contributed by atoms with Crippen molar-refractivity contribution in [2.24, 2.45) is 0 Å². The lowest BCUT2D eigenvalue weighted by Gasteiger charge is -2.23. The third-order valence-electron chi connectivity index (χ3n) is 3.52. The lowest BCUT2D eigenvalue weighted by molar-refractivity contribution is 0.0644. The van der Waals surface area contributed by atoms with Crippen LogP contribution < -0.4 is 0 Å². The van der Waals surface area contributed by atoms with Gasteiger partial charge in [0, 0.05) is 31.3 Å². The average molecular weight is 284 g/mol. The van der Waals surface area contributed by atoms with Gasteiger partial charge in [0.2, 0.25) is 0 Å². The highest BCUT2D eigenvalue weighted by molar-refractivity contribution is 6.31. The van der Waals surface area contributed by atoms with Crippen molar-refractivity contribution < 1.29 is 9.84 Å². The second-order valence-corrected chi connectivity index (χ2v) is 5.57. The van der Waals surface area contributed by atoms with E-state index in [-0.39, 0.29) is 6.10 Å². The molecule has 0 bridgehead atoms. The van der Waals surface area contributed by atoms with Crippen LogP contribution in [0.1, 0.15) is 31.4 Å². The second-order valence-electron chi connectivity index (χ2n) is 5.16. The normalized spacial score (nSPS) is 23.0. The number of benzene rings is 1. The van der Waals surface area contributed by atoms with Crippen LogP contribution in [0.25, 0.3) is 0 Å². The van der Waals surface area contributed by atoms with Gasteiger partial charge in [-0.1, -0.05) is 29.8 Å². The van der Waals surface area contributed by atoms with Crippen LogP contribution >= 0.6 is 11.6 Å². The van der Waals surface area contributed by atoms with Crippen molar-refractivity contribution in [3.63, 3.8) is 0 Å². The Morgan fingerprint density at radius 1 is 1.47 bits per heavy atom. The Labute approximate surface area is 120 Å². The van der Waals surface area contributed by atoms with Gasteiger partial charge in [-0.25, -0.2) is 0 Å². The molecule has 1 aliphatic heterocycles. The lowest BCUT2D eigenvalue weighted by Crippen LogP contribution is -2.31.